The number of fused-ring (bicyclic) bond motifs is 1. The topological polar surface area (TPSA) is 99.5 Å². The third-order valence-corrected chi connectivity index (χ3v) is 3.35. The molecule has 0 radical (unpaired) electrons. The molecule has 102 valence electrons. The van der Waals surface area contributed by atoms with E-state index in [0.717, 1.165) is 5.69 Å². The summed E-state index contributed by atoms with van der Waals surface area (Å²) < 4.78 is 0. The van der Waals surface area contributed by atoms with E-state index in [9.17, 15) is 20.0 Å². The normalized spacial score (nSPS) is 13.3. The number of rotatable bonds is 2. The lowest BCUT2D eigenvalue weighted by atomic mass is 10.2. The van der Waals surface area contributed by atoms with E-state index in [1.54, 1.807) is 0 Å². The van der Waals surface area contributed by atoms with Gasteiger partial charge in [0.2, 0.25) is 5.75 Å². The summed E-state index contributed by atoms with van der Waals surface area (Å²) in [5.41, 5.74) is -0.428. The fraction of sp³-hybridized carbons (Fsp3) is 0.154. The highest BCUT2D eigenvalue weighted by atomic mass is 16.6. The summed E-state index contributed by atoms with van der Waals surface area (Å²) in [6.45, 7) is 0.546. The number of benzene rings is 1. The Balaban J connectivity index is 2.17. The first kappa shape index (κ1) is 12.2. The maximum atomic E-state index is 11.7. The number of aromatic nitrogens is 1. The van der Waals surface area contributed by atoms with Crippen LogP contribution in [0.5, 0.6) is 5.75 Å². The molecular formula is C13H11N3O4. The third-order valence-electron chi connectivity index (χ3n) is 3.35. The number of para-hydroxylation sites is 1. The van der Waals surface area contributed by atoms with Crippen molar-refractivity contribution >= 4 is 17.2 Å². The highest BCUT2D eigenvalue weighted by molar-refractivity contribution is 5.71. The molecule has 0 saturated heterocycles. The Hall–Kier alpha value is -2.83. The molecule has 7 nitrogen and oxygen atoms in total. The average Bonchev–Trinajstić information content (AvgIpc) is 2.83. The van der Waals surface area contributed by atoms with Gasteiger partial charge in [-0.2, -0.15) is 0 Å². The fourth-order valence-electron chi connectivity index (χ4n) is 2.44. The second-order valence-electron chi connectivity index (χ2n) is 4.47. The zero-order chi connectivity index (χ0) is 14.3. The van der Waals surface area contributed by atoms with E-state index in [0.29, 0.717) is 24.3 Å². The molecule has 0 bridgehead atoms. The number of hydrogen-bond acceptors (Lipinski definition) is 5. The van der Waals surface area contributed by atoms with Crippen LogP contribution < -0.4 is 10.5 Å². The first-order valence-corrected chi connectivity index (χ1v) is 6.04. The molecular weight excluding hydrogens is 262 g/mol. The number of nitrogens with zero attached hydrogens (tertiary/aromatic N) is 2. The van der Waals surface area contributed by atoms with Crippen molar-refractivity contribution in [1.82, 2.24) is 4.98 Å². The minimum Gasteiger partial charge on any atom is -0.502 e. The molecule has 20 heavy (non-hydrogen) atoms. The number of nitrogens with one attached hydrogen (secondary N) is 1. The Labute approximate surface area is 113 Å². The van der Waals surface area contributed by atoms with Crippen molar-refractivity contribution in [2.45, 2.75) is 6.42 Å². The lowest BCUT2D eigenvalue weighted by molar-refractivity contribution is -0.387. The van der Waals surface area contributed by atoms with E-state index >= 15 is 0 Å². The highest BCUT2D eigenvalue weighted by Crippen LogP contribution is 2.39. The first-order chi connectivity index (χ1) is 9.59. The summed E-state index contributed by atoms with van der Waals surface area (Å²) in [6.07, 6.45) is 0.438. The zero-order valence-electron chi connectivity index (χ0n) is 10.4. The molecule has 0 spiro atoms. The molecule has 0 unspecified atom stereocenters. The molecule has 1 aliphatic rings. The Kier molecular flexibility index (Phi) is 2.67. The Morgan fingerprint density at radius 1 is 1.30 bits per heavy atom. The maximum absolute atomic E-state index is 11.7. The van der Waals surface area contributed by atoms with Crippen molar-refractivity contribution < 1.29 is 10.0 Å². The number of aromatic hydroxyl groups is 1. The van der Waals surface area contributed by atoms with Crippen molar-refractivity contribution in [2.24, 2.45) is 0 Å². The van der Waals surface area contributed by atoms with Crippen molar-refractivity contribution in [1.29, 1.82) is 0 Å². The molecule has 7 heteroatoms. The number of anilines is 2. The molecule has 1 aliphatic heterocycles. The summed E-state index contributed by atoms with van der Waals surface area (Å²) in [6, 6.07) is 9.32. The smallest absolute Gasteiger partial charge is 0.375 e. The van der Waals surface area contributed by atoms with Gasteiger partial charge < -0.3 is 15.0 Å². The van der Waals surface area contributed by atoms with Gasteiger partial charge in [0.25, 0.3) is 0 Å². The predicted octanol–water partition coefficient (Wildman–Crippen LogP) is 1.68. The highest BCUT2D eigenvalue weighted by Gasteiger charge is 2.31. The van der Waals surface area contributed by atoms with Crippen LogP contribution in [0.4, 0.5) is 17.2 Å². The van der Waals surface area contributed by atoms with Crippen molar-refractivity contribution in [3.8, 4) is 5.75 Å². The summed E-state index contributed by atoms with van der Waals surface area (Å²) in [4.78, 5) is 26.0. The van der Waals surface area contributed by atoms with Gasteiger partial charge in [-0.15, -0.1) is 0 Å². The number of nitro groups is 1. The van der Waals surface area contributed by atoms with Gasteiger partial charge in [-0.3, -0.25) is 14.9 Å². The quantitative estimate of drug-likeness (QED) is 0.640. The standard InChI is InChI=1S/C13H11N3O4/c17-11-9-6-7-15(8-4-2-1-3-5-8)12(9)14-13(18)10(11)16(19)20/h1-5H,6-7H2,(H2,14,17,18). The molecule has 0 aliphatic carbocycles. The first-order valence-electron chi connectivity index (χ1n) is 6.04. The molecule has 0 fully saturated rings. The maximum Gasteiger partial charge on any atom is 0.375 e. The number of hydrogen-bond donors (Lipinski definition) is 2. The number of pyridine rings is 1. The molecule has 1 aromatic heterocycles. The van der Waals surface area contributed by atoms with Crippen LogP contribution in [0.2, 0.25) is 0 Å². The minimum atomic E-state index is -0.894. The predicted molar refractivity (Wildman–Crippen MR) is 72.5 cm³/mol. The van der Waals surface area contributed by atoms with Crippen molar-refractivity contribution in [2.75, 3.05) is 11.4 Å². The number of aromatic amines is 1. The minimum absolute atomic E-state index is 0.403. The van der Waals surface area contributed by atoms with E-state index in [1.165, 1.54) is 0 Å². The van der Waals surface area contributed by atoms with Crippen LogP contribution >= 0.6 is 0 Å². The van der Waals surface area contributed by atoms with E-state index in [4.69, 9.17) is 0 Å². The van der Waals surface area contributed by atoms with Crippen LogP contribution in [0.1, 0.15) is 5.56 Å². The van der Waals surface area contributed by atoms with E-state index in [2.05, 4.69) is 4.98 Å². The van der Waals surface area contributed by atoms with Gasteiger partial charge in [0.15, 0.2) is 0 Å². The van der Waals surface area contributed by atoms with Crippen LogP contribution in [0.15, 0.2) is 35.1 Å². The second-order valence-corrected chi connectivity index (χ2v) is 4.47. The van der Waals surface area contributed by atoms with Crippen LogP contribution in [0.3, 0.4) is 0 Å². The Morgan fingerprint density at radius 2 is 2.00 bits per heavy atom. The van der Waals surface area contributed by atoms with Crippen LogP contribution in [-0.4, -0.2) is 21.6 Å². The van der Waals surface area contributed by atoms with Crippen LogP contribution in [0, 0.1) is 10.1 Å². The van der Waals surface area contributed by atoms with Gasteiger partial charge in [-0.05, 0) is 18.6 Å². The van der Waals surface area contributed by atoms with Gasteiger partial charge in [-0.1, -0.05) is 18.2 Å². The second kappa shape index (κ2) is 4.37. The summed E-state index contributed by atoms with van der Waals surface area (Å²) >= 11 is 0. The zero-order valence-corrected chi connectivity index (χ0v) is 10.4. The molecule has 2 aromatic rings. The van der Waals surface area contributed by atoms with E-state index < -0.39 is 21.9 Å². The van der Waals surface area contributed by atoms with Crippen molar-refractivity contribution in [3.63, 3.8) is 0 Å². The summed E-state index contributed by atoms with van der Waals surface area (Å²) in [7, 11) is 0. The van der Waals surface area contributed by atoms with Gasteiger partial charge in [0.05, 0.1) is 4.92 Å². The lowest BCUT2D eigenvalue weighted by Crippen LogP contribution is -2.19. The summed E-state index contributed by atoms with van der Waals surface area (Å²) in [5.74, 6) is -0.114. The molecule has 2 heterocycles. The Morgan fingerprint density at radius 3 is 2.65 bits per heavy atom. The summed E-state index contributed by atoms with van der Waals surface area (Å²) in [5, 5.41) is 20.7. The fourth-order valence-corrected chi connectivity index (χ4v) is 2.44. The third kappa shape index (κ3) is 1.71. The van der Waals surface area contributed by atoms with Gasteiger partial charge in [0, 0.05) is 17.8 Å². The van der Waals surface area contributed by atoms with E-state index in [-0.39, 0.29) is 0 Å². The van der Waals surface area contributed by atoms with Crippen molar-refractivity contribution in [3.05, 3.63) is 56.4 Å². The lowest BCUT2D eigenvalue weighted by Gasteiger charge is -2.18. The van der Waals surface area contributed by atoms with Crippen LogP contribution in [0.25, 0.3) is 0 Å². The average molecular weight is 273 g/mol. The largest absolute Gasteiger partial charge is 0.502 e. The molecule has 2 N–H and O–H groups in total. The molecule has 0 saturated carbocycles. The molecule has 3 rings (SSSR count). The Bertz CT molecular complexity index is 739. The SMILES string of the molecule is O=c1[nH]c2c(c(O)c1[N+](=O)[O-])CCN2c1ccccc1. The van der Waals surface area contributed by atoms with Gasteiger partial charge in [-0.25, -0.2) is 0 Å². The number of H-pyrrole nitrogens is 1. The molecule has 0 atom stereocenters. The van der Waals surface area contributed by atoms with Gasteiger partial charge >= 0.3 is 11.2 Å². The molecule has 1 aromatic carbocycles. The van der Waals surface area contributed by atoms with Crippen LogP contribution in [-0.2, 0) is 6.42 Å². The monoisotopic (exact) mass is 273 g/mol. The van der Waals surface area contributed by atoms with Gasteiger partial charge in [0.1, 0.15) is 5.82 Å². The molecule has 0 amide bonds. The van der Waals surface area contributed by atoms with E-state index in [1.807, 2.05) is 35.2 Å².